The molecule has 0 heterocycles. The summed E-state index contributed by atoms with van der Waals surface area (Å²) in [4.78, 5) is 0. The van der Waals surface area contributed by atoms with Gasteiger partial charge in [-0.25, -0.2) is 0 Å². The van der Waals surface area contributed by atoms with Crippen LogP contribution in [0.15, 0.2) is 21.0 Å². The van der Waals surface area contributed by atoms with Gasteiger partial charge in [-0.05, 0) is 0 Å². The molecule has 0 aromatic rings. The van der Waals surface area contributed by atoms with E-state index in [4.69, 9.17) is 4.43 Å². The molecule has 0 unspecified atom stereocenters. The fourth-order valence-electron chi connectivity index (χ4n) is 1.25. The molecule has 0 radical (unpaired) electrons. The molecule has 1 nitrogen and oxygen atoms in total. The van der Waals surface area contributed by atoms with Crippen LogP contribution in [-0.4, -0.2) is 14.9 Å². The molecule has 0 fully saturated rings. The van der Waals surface area contributed by atoms with Gasteiger partial charge in [0.05, 0.1) is 0 Å². The van der Waals surface area contributed by atoms with Crippen LogP contribution < -0.4 is 0 Å². The molecule has 0 aliphatic heterocycles. The second kappa shape index (κ2) is 4.86. The zero-order valence-corrected chi connectivity index (χ0v) is 12.1. The van der Waals surface area contributed by atoms with Gasteiger partial charge in [-0.2, -0.15) is 0 Å². The zero-order valence-electron chi connectivity index (χ0n) is 8.68. The van der Waals surface area contributed by atoms with Crippen LogP contribution >= 0.6 is 0 Å². The fraction of sp³-hybridized carbons (Fsp3) is 0.600. The van der Waals surface area contributed by atoms with Gasteiger partial charge in [0.2, 0.25) is 0 Å². The van der Waals surface area contributed by atoms with E-state index in [0.717, 1.165) is 13.0 Å². The fourth-order valence-corrected chi connectivity index (χ4v) is 2.77. The molecule has 0 atom stereocenters. The molecule has 0 N–H and O–H groups in total. The molecule has 0 saturated carbocycles. The summed E-state index contributed by atoms with van der Waals surface area (Å²) in [5.74, 6) is 0. The van der Waals surface area contributed by atoms with Crippen molar-refractivity contribution in [2.45, 2.75) is 32.5 Å². The van der Waals surface area contributed by atoms with E-state index in [1.54, 1.807) is 28.0 Å². The Bertz CT molecular complexity index is 238. The number of allylic oxidation sites excluding steroid dienone is 3. The standard InChI is InChI=1S/C10H17OSi.Zr/c1-12(2,3)11-9-8-10-6-4-5-7-10;/h4,6H,5,8-9H2,1-3H3;. The summed E-state index contributed by atoms with van der Waals surface area (Å²) >= 11 is 1.57. The van der Waals surface area contributed by atoms with Gasteiger partial charge >= 0.3 is 97.6 Å². The zero-order chi connectivity index (χ0) is 9.90. The van der Waals surface area contributed by atoms with Gasteiger partial charge < -0.3 is 0 Å². The van der Waals surface area contributed by atoms with E-state index in [-0.39, 0.29) is 0 Å². The minimum absolute atomic E-state index is 0.910. The van der Waals surface area contributed by atoms with Gasteiger partial charge in [-0.1, -0.05) is 0 Å². The van der Waals surface area contributed by atoms with Gasteiger partial charge in [0.15, 0.2) is 0 Å². The second-order valence-corrected chi connectivity index (χ2v) is 10.3. The molecule has 3 heteroatoms. The summed E-state index contributed by atoms with van der Waals surface area (Å²) in [5.41, 5.74) is 1.52. The predicted molar refractivity (Wildman–Crippen MR) is 54.7 cm³/mol. The van der Waals surface area contributed by atoms with Crippen LogP contribution in [-0.2, 0) is 29.1 Å². The molecule has 1 aliphatic carbocycles. The Hall–Kier alpha value is 0.540. The summed E-state index contributed by atoms with van der Waals surface area (Å²) < 4.78 is 7.42. The van der Waals surface area contributed by atoms with Gasteiger partial charge in [-0.15, -0.1) is 0 Å². The summed E-state index contributed by atoms with van der Waals surface area (Å²) in [6.07, 6.45) is 6.81. The third kappa shape index (κ3) is 4.53. The van der Waals surface area contributed by atoms with Crippen LogP contribution in [0.3, 0.4) is 0 Å². The second-order valence-electron chi connectivity index (χ2n) is 4.32. The van der Waals surface area contributed by atoms with Crippen molar-refractivity contribution in [2.24, 2.45) is 0 Å². The molecular formula is C10H17OSiZr. The van der Waals surface area contributed by atoms with Crippen molar-refractivity contribution in [1.82, 2.24) is 0 Å². The normalized spacial score (nSPS) is 17.1. The van der Waals surface area contributed by atoms with E-state index < -0.39 is 8.32 Å². The summed E-state index contributed by atoms with van der Waals surface area (Å²) in [5, 5.41) is 0. The maximum absolute atomic E-state index is 5.82. The van der Waals surface area contributed by atoms with E-state index in [1.165, 1.54) is 12.0 Å². The summed E-state index contributed by atoms with van der Waals surface area (Å²) in [6.45, 7) is 7.63. The van der Waals surface area contributed by atoms with Crippen LogP contribution in [0.25, 0.3) is 0 Å². The van der Waals surface area contributed by atoms with Gasteiger partial charge in [0.1, 0.15) is 0 Å². The van der Waals surface area contributed by atoms with Crippen molar-refractivity contribution < 1.29 is 29.1 Å². The van der Waals surface area contributed by atoms with Crippen molar-refractivity contribution in [1.29, 1.82) is 0 Å². The molecule has 0 bridgehead atoms. The van der Waals surface area contributed by atoms with Crippen LogP contribution in [0.4, 0.5) is 0 Å². The molecular weight excluding hydrogens is 255 g/mol. The van der Waals surface area contributed by atoms with Crippen molar-refractivity contribution >= 4 is 8.32 Å². The summed E-state index contributed by atoms with van der Waals surface area (Å²) in [6, 6.07) is 0. The third-order valence-electron chi connectivity index (χ3n) is 1.94. The van der Waals surface area contributed by atoms with Crippen LogP contribution in [0.5, 0.6) is 0 Å². The number of hydrogen-bond donors (Lipinski definition) is 0. The van der Waals surface area contributed by atoms with Gasteiger partial charge in [0.25, 0.3) is 0 Å². The molecule has 1 rings (SSSR count). The maximum atomic E-state index is 5.82. The molecule has 71 valence electrons. The molecule has 0 spiro atoms. The Morgan fingerprint density at radius 3 is 2.62 bits per heavy atom. The Morgan fingerprint density at radius 2 is 2.15 bits per heavy atom. The first kappa shape index (κ1) is 11.6. The van der Waals surface area contributed by atoms with E-state index in [9.17, 15) is 0 Å². The van der Waals surface area contributed by atoms with E-state index >= 15 is 0 Å². The van der Waals surface area contributed by atoms with E-state index in [0.29, 0.717) is 0 Å². The first-order valence-electron chi connectivity index (χ1n) is 4.73. The first-order chi connectivity index (χ1) is 5.99. The van der Waals surface area contributed by atoms with Gasteiger partial charge in [-0.3, -0.25) is 0 Å². The first-order valence-corrected chi connectivity index (χ1v) is 9.37. The van der Waals surface area contributed by atoms with Crippen LogP contribution in [0.1, 0.15) is 12.8 Å². The predicted octanol–water partition coefficient (Wildman–Crippen LogP) is 2.99. The molecule has 0 aromatic carbocycles. The Morgan fingerprint density at radius 1 is 1.46 bits per heavy atom. The van der Waals surface area contributed by atoms with Crippen LogP contribution in [0, 0.1) is 0 Å². The van der Waals surface area contributed by atoms with Crippen molar-refractivity contribution in [2.75, 3.05) is 6.61 Å². The SMILES string of the molecule is C[Si](C)(C)OCCC1=[C]([Zr])CC=C1. The topological polar surface area (TPSA) is 9.23 Å². The molecule has 0 amide bonds. The molecule has 0 aromatic heterocycles. The molecule has 0 saturated heterocycles. The van der Waals surface area contributed by atoms with Crippen LogP contribution in [0.2, 0.25) is 19.6 Å². The Kier molecular flexibility index (Phi) is 4.34. The van der Waals surface area contributed by atoms with Gasteiger partial charge in [0, 0.05) is 0 Å². The van der Waals surface area contributed by atoms with Crippen molar-refractivity contribution in [3.63, 3.8) is 0 Å². The average Bonchev–Trinajstić information content (AvgIpc) is 2.34. The van der Waals surface area contributed by atoms with E-state index in [2.05, 4.69) is 31.8 Å². The minimum atomic E-state index is -1.29. The Labute approximate surface area is 97.2 Å². The molecule has 1 aliphatic rings. The molecule has 13 heavy (non-hydrogen) atoms. The number of hydrogen-bond acceptors (Lipinski definition) is 1. The Balaban J connectivity index is 2.28. The monoisotopic (exact) mass is 271 g/mol. The average molecular weight is 273 g/mol. The summed E-state index contributed by atoms with van der Waals surface area (Å²) in [7, 11) is -1.29. The third-order valence-corrected chi connectivity index (χ3v) is 4.30. The quantitative estimate of drug-likeness (QED) is 0.715. The van der Waals surface area contributed by atoms with Crippen molar-refractivity contribution in [3.05, 3.63) is 21.0 Å². The van der Waals surface area contributed by atoms with E-state index in [1.807, 2.05) is 0 Å². The van der Waals surface area contributed by atoms with Crippen molar-refractivity contribution in [3.8, 4) is 0 Å². The number of rotatable bonds is 4.